The Bertz CT molecular complexity index is 4250. The van der Waals surface area contributed by atoms with Crippen LogP contribution in [0.1, 0.15) is 0 Å². The first kappa shape index (κ1) is 38.6. The van der Waals surface area contributed by atoms with Gasteiger partial charge in [-0.05, 0) is 125 Å². The highest BCUT2D eigenvalue weighted by Gasteiger charge is 2.21. The molecule has 0 saturated carbocycles. The van der Waals surface area contributed by atoms with Crippen LogP contribution < -0.4 is 4.90 Å². The molecule has 14 aromatic rings. The average Bonchev–Trinajstić information content (AvgIpc) is 4.06. The van der Waals surface area contributed by atoms with Crippen molar-refractivity contribution in [1.29, 1.82) is 0 Å². The van der Waals surface area contributed by atoms with Gasteiger partial charge in [-0.1, -0.05) is 152 Å². The fourth-order valence-electron chi connectivity index (χ4n) is 10.8. The highest BCUT2D eigenvalue weighted by atomic mass is 32.1. The number of aromatic nitrogens is 2. The maximum atomic E-state index is 2.46. The van der Waals surface area contributed by atoms with Gasteiger partial charge in [0.1, 0.15) is 0 Å². The maximum absolute atomic E-state index is 2.46. The molecule has 0 unspecified atom stereocenters. The summed E-state index contributed by atoms with van der Waals surface area (Å²) in [4.78, 5) is 2.46. The van der Waals surface area contributed by atoms with Gasteiger partial charge in [-0.15, -0.1) is 11.3 Å². The second kappa shape index (κ2) is 15.5. The molecule has 3 nitrogen and oxygen atoms in total. The molecule has 0 atom stereocenters. The molecule has 0 aliphatic carbocycles. The van der Waals surface area contributed by atoms with Crippen molar-refractivity contribution in [2.75, 3.05) is 4.90 Å². The van der Waals surface area contributed by atoms with Gasteiger partial charge < -0.3 is 14.0 Å². The molecule has 0 N–H and O–H groups in total. The first-order chi connectivity index (χ1) is 33.7. The molecule has 3 aromatic heterocycles. The van der Waals surface area contributed by atoms with E-state index in [9.17, 15) is 0 Å². The van der Waals surface area contributed by atoms with Gasteiger partial charge in [0.05, 0.1) is 27.8 Å². The number of hydrogen-bond donors (Lipinski definition) is 0. The first-order valence-electron chi connectivity index (χ1n) is 23.2. The molecule has 14 rings (SSSR count). The van der Waals surface area contributed by atoms with E-state index in [0.717, 1.165) is 28.4 Å². The largest absolute Gasteiger partial charge is 0.310 e. The zero-order valence-corrected chi connectivity index (χ0v) is 37.7. The number of rotatable bonds is 7. The number of fused-ring (bicyclic) bond motifs is 10. The van der Waals surface area contributed by atoms with Gasteiger partial charge in [-0.25, -0.2) is 0 Å². The Labute approximate surface area is 397 Å². The zero-order chi connectivity index (χ0) is 44.7. The lowest BCUT2D eigenvalue weighted by Crippen LogP contribution is -2.10. The molecule has 4 heteroatoms. The fourth-order valence-corrected chi connectivity index (χ4v) is 11.9. The van der Waals surface area contributed by atoms with Gasteiger partial charge in [-0.2, -0.15) is 0 Å². The van der Waals surface area contributed by atoms with Crippen molar-refractivity contribution in [1.82, 2.24) is 9.13 Å². The zero-order valence-electron chi connectivity index (χ0n) is 36.9. The quantitative estimate of drug-likeness (QED) is 0.155. The minimum Gasteiger partial charge on any atom is -0.310 e. The van der Waals surface area contributed by atoms with Gasteiger partial charge in [-0.3, -0.25) is 0 Å². The van der Waals surface area contributed by atoms with Gasteiger partial charge in [0.25, 0.3) is 0 Å². The molecule has 68 heavy (non-hydrogen) atoms. The highest BCUT2D eigenvalue weighted by Crippen LogP contribution is 2.46. The Kier molecular flexibility index (Phi) is 8.76. The van der Waals surface area contributed by atoms with Crippen LogP contribution in [0.15, 0.2) is 249 Å². The van der Waals surface area contributed by atoms with Crippen molar-refractivity contribution in [3.05, 3.63) is 249 Å². The van der Waals surface area contributed by atoms with Gasteiger partial charge >= 0.3 is 0 Å². The smallest absolute Gasteiger partial charge is 0.0561 e. The predicted molar refractivity (Wildman–Crippen MR) is 291 cm³/mol. The van der Waals surface area contributed by atoms with Crippen LogP contribution in [0.3, 0.4) is 0 Å². The van der Waals surface area contributed by atoms with Gasteiger partial charge in [0.15, 0.2) is 0 Å². The number of nitrogens with zero attached hydrogens (tertiary/aromatic N) is 3. The summed E-state index contributed by atoms with van der Waals surface area (Å²) in [6.45, 7) is 0. The second-order valence-corrected chi connectivity index (χ2v) is 18.8. The maximum Gasteiger partial charge on any atom is 0.0561 e. The van der Waals surface area contributed by atoms with E-state index in [0.29, 0.717) is 0 Å². The lowest BCUT2D eigenvalue weighted by atomic mass is 9.97. The van der Waals surface area contributed by atoms with Crippen LogP contribution in [0.5, 0.6) is 0 Å². The normalized spacial score (nSPS) is 11.8. The Balaban J connectivity index is 0.962. The number of benzene rings is 11. The number of hydrogen-bond acceptors (Lipinski definition) is 2. The molecular formula is C64H41N3S. The molecule has 0 aliphatic heterocycles. The van der Waals surface area contributed by atoms with Crippen LogP contribution in [-0.2, 0) is 0 Å². The van der Waals surface area contributed by atoms with Crippen LogP contribution in [0, 0.1) is 0 Å². The lowest BCUT2D eigenvalue weighted by Gasteiger charge is -2.27. The summed E-state index contributed by atoms with van der Waals surface area (Å²) in [6, 6.07) is 91.3. The van der Waals surface area contributed by atoms with E-state index in [-0.39, 0.29) is 0 Å². The Hall–Kier alpha value is -8.70. The minimum atomic E-state index is 1.10. The summed E-state index contributed by atoms with van der Waals surface area (Å²) in [5.41, 5.74) is 15.3. The van der Waals surface area contributed by atoms with Crippen molar-refractivity contribution >= 4 is 103 Å². The van der Waals surface area contributed by atoms with Crippen LogP contribution in [0.25, 0.3) is 108 Å². The molecule has 0 amide bonds. The van der Waals surface area contributed by atoms with Crippen molar-refractivity contribution in [3.8, 4) is 33.6 Å². The van der Waals surface area contributed by atoms with E-state index < -0.39 is 0 Å². The highest BCUT2D eigenvalue weighted by molar-refractivity contribution is 7.25. The number of anilines is 3. The Morgan fingerprint density at radius 1 is 0.309 bits per heavy atom. The SMILES string of the molecule is c1ccc(-c2cccc3c2c2cc(-c4ccc5sc6ccc(N(c7ccc8c9ccccc9n(-c9ccccc9)c8c7)c7cccc8ccccc78)cc6c5c4)ccc2n3-c2ccccc2)cc1. The Morgan fingerprint density at radius 2 is 0.853 bits per heavy atom. The summed E-state index contributed by atoms with van der Waals surface area (Å²) in [5, 5.41) is 9.91. The third-order valence-electron chi connectivity index (χ3n) is 13.9. The van der Waals surface area contributed by atoms with Crippen molar-refractivity contribution in [3.63, 3.8) is 0 Å². The Morgan fingerprint density at radius 3 is 1.65 bits per heavy atom. The van der Waals surface area contributed by atoms with Crippen molar-refractivity contribution in [2.24, 2.45) is 0 Å². The predicted octanol–water partition coefficient (Wildman–Crippen LogP) is 18.2. The average molecular weight is 884 g/mol. The minimum absolute atomic E-state index is 1.10. The molecule has 0 spiro atoms. The third kappa shape index (κ3) is 6.05. The van der Waals surface area contributed by atoms with Crippen molar-refractivity contribution in [2.45, 2.75) is 0 Å². The van der Waals surface area contributed by atoms with Crippen LogP contribution in [0.4, 0.5) is 17.1 Å². The summed E-state index contributed by atoms with van der Waals surface area (Å²) in [6.07, 6.45) is 0. The standard InChI is InChI=1S/C64H41N3S/c1-4-16-43(17-5-1)51-26-15-29-60-64(51)56-39-44(30-35-59(56)66(60)46-20-6-2-7-21-46)45-31-36-62-54(38-45)55-40-48(33-37-63(55)68-62)65(57-28-14-19-42-18-10-11-24-50(42)57)49-32-34-53-52-25-12-13-27-58(52)67(61(53)41-49)47-22-8-3-9-23-47/h1-41H. The summed E-state index contributed by atoms with van der Waals surface area (Å²) in [7, 11) is 0. The second-order valence-electron chi connectivity index (χ2n) is 17.7. The monoisotopic (exact) mass is 883 g/mol. The van der Waals surface area contributed by atoms with E-state index in [1.54, 1.807) is 0 Å². The molecule has 0 radical (unpaired) electrons. The molecular weight excluding hydrogens is 843 g/mol. The van der Waals surface area contributed by atoms with Crippen LogP contribution >= 0.6 is 11.3 Å². The topological polar surface area (TPSA) is 13.1 Å². The van der Waals surface area contributed by atoms with Gasteiger partial charge in [0, 0.05) is 69.9 Å². The summed E-state index contributed by atoms with van der Waals surface area (Å²) in [5.74, 6) is 0. The van der Waals surface area contributed by atoms with Crippen LogP contribution in [-0.4, -0.2) is 9.13 Å². The third-order valence-corrected chi connectivity index (χ3v) is 15.0. The van der Waals surface area contributed by atoms with Gasteiger partial charge in [0.2, 0.25) is 0 Å². The summed E-state index contributed by atoms with van der Waals surface area (Å²) >= 11 is 1.86. The summed E-state index contributed by atoms with van der Waals surface area (Å²) < 4.78 is 7.37. The molecule has 0 saturated heterocycles. The molecule has 318 valence electrons. The fraction of sp³-hybridized carbons (Fsp3) is 0. The molecule has 0 bridgehead atoms. The van der Waals surface area contributed by atoms with E-state index in [1.165, 1.54) is 96.8 Å². The lowest BCUT2D eigenvalue weighted by molar-refractivity contribution is 1.18. The molecule has 11 aromatic carbocycles. The first-order valence-corrected chi connectivity index (χ1v) is 24.1. The molecule has 3 heterocycles. The number of para-hydroxylation sites is 3. The molecule has 0 aliphatic rings. The van der Waals surface area contributed by atoms with E-state index in [1.807, 2.05) is 11.3 Å². The van der Waals surface area contributed by atoms with Crippen LogP contribution in [0.2, 0.25) is 0 Å². The molecule has 0 fully saturated rings. The van der Waals surface area contributed by atoms with E-state index >= 15 is 0 Å². The van der Waals surface area contributed by atoms with Crippen molar-refractivity contribution < 1.29 is 0 Å². The van der Waals surface area contributed by atoms with E-state index in [2.05, 4.69) is 263 Å². The number of thiophene rings is 1. The van der Waals surface area contributed by atoms with E-state index in [4.69, 9.17) is 0 Å².